The first-order valence-electron chi connectivity index (χ1n) is 8.97. The van der Waals surface area contributed by atoms with E-state index < -0.39 is 0 Å². The van der Waals surface area contributed by atoms with Crippen LogP contribution in [0.3, 0.4) is 0 Å². The van der Waals surface area contributed by atoms with Crippen LogP contribution < -0.4 is 19.5 Å². The molecule has 1 aromatic carbocycles. The second-order valence-electron chi connectivity index (χ2n) is 7.29. The Morgan fingerprint density at radius 3 is 2.85 bits per heavy atom. The molecule has 1 saturated heterocycles. The number of hydrogen-bond donors (Lipinski definition) is 1. The van der Waals surface area contributed by atoms with Crippen LogP contribution in [0.1, 0.15) is 26.7 Å². The SMILES string of the molecule is CC1(C)C[C@H](C(=O)Nc2ccc(Oc3ccc4c(c3)OCO4)nc2)CCO1. The highest BCUT2D eigenvalue weighted by molar-refractivity contribution is 5.92. The molecule has 142 valence electrons. The average molecular weight is 370 g/mol. The number of hydrogen-bond acceptors (Lipinski definition) is 6. The zero-order valence-electron chi connectivity index (χ0n) is 15.4. The van der Waals surface area contributed by atoms with Crippen molar-refractivity contribution in [3.8, 4) is 23.1 Å². The van der Waals surface area contributed by atoms with E-state index in [0.717, 1.165) is 6.42 Å². The zero-order chi connectivity index (χ0) is 18.9. The molecule has 3 heterocycles. The lowest BCUT2D eigenvalue weighted by molar-refractivity contribution is -0.130. The number of anilines is 1. The van der Waals surface area contributed by atoms with E-state index in [-0.39, 0.29) is 24.2 Å². The number of aromatic nitrogens is 1. The van der Waals surface area contributed by atoms with Crippen molar-refractivity contribution in [3.63, 3.8) is 0 Å². The van der Waals surface area contributed by atoms with Crippen LogP contribution in [0.4, 0.5) is 5.69 Å². The summed E-state index contributed by atoms with van der Waals surface area (Å²) in [7, 11) is 0. The molecule has 2 aliphatic rings. The molecule has 27 heavy (non-hydrogen) atoms. The minimum atomic E-state index is -0.263. The van der Waals surface area contributed by atoms with Gasteiger partial charge in [-0.15, -0.1) is 0 Å². The van der Waals surface area contributed by atoms with Gasteiger partial charge in [-0.2, -0.15) is 0 Å². The number of benzene rings is 1. The summed E-state index contributed by atoms with van der Waals surface area (Å²) >= 11 is 0. The number of rotatable bonds is 4. The van der Waals surface area contributed by atoms with Crippen LogP contribution in [0.15, 0.2) is 36.5 Å². The lowest BCUT2D eigenvalue weighted by Gasteiger charge is -2.34. The summed E-state index contributed by atoms with van der Waals surface area (Å²) in [6, 6.07) is 8.83. The largest absolute Gasteiger partial charge is 0.454 e. The van der Waals surface area contributed by atoms with Crippen molar-refractivity contribution in [1.29, 1.82) is 0 Å². The quantitative estimate of drug-likeness (QED) is 0.883. The molecule has 0 aliphatic carbocycles. The number of amides is 1. The number of carbonyl (C=O) groups is 1. The van der Waals surface area contributed by atoms with Crippen LogP contribution in [0.2, 0.25) is 0 Å². The van der Waals surface area contributed by atoms with E-state index in [1.807, 2.05) is 13.8 Å². The fourth-order valence-electron chi connectivity index (χ4n) is 3.28. The smallest absolute Gasteiger partial charge is 0.231 e. The molecule has 2 aromatic rings. The summed E-state index contributed by atoms with van der Waals surface area (Å²) in [5, 5.41) is 2.93. The van der Waals surface area contributed by atoms with Crippen molar-refractivity contribution in [1.82, 2.24) is 4.98 Å². The van der Waals surface area contributed by atoms with Crippen molar-refractivity contribution < 1.29 is 23.7 Å². The molecule has 2 aliphatic heterocycles. The molecule has 0 unspecified atom stereocenters. The maximum atomic E-state index is 12.5. The van der Waals surface area contributed by atoms with Gasteiger partial charge in [-0.3, -0.25) is 4.79 Å². The second kappa shape index (κ2) is 7.08. The number of nitrogens with one attached hydrogen (secondary N) is 1. The molecule has 1 amide bonds. The third kappa shape index (κ3) is 4.14. The van der Waals surface area contributed by atoms with E-state index in [4.69, 9.17) is 18.9 Å². The van der Waals surface area contributed by atoms with Crippen LogP contribution >= 0.6 is 0 Å². The van der Waals surface area contributed by atoms with Gasteiger partial charge in [0.1, 0.15) is 5.75 Å². The number of pyridine rings is 1. The van der Waals surface area contributed by atoms with Gasteiger partial charge < -0.3 is 24.3 Å². The third-order valence-corrected chi connectivity index (χ3v) is 4.64. The molecule has 0 spiro atoms. The predicted octanol–water partition coefficient (Wildman–Crippen LogP) is 3.75. The molecule has 7 heteroatoms. The molecule has 4 rings (SSSR count). The average Bonchev–Trinajstić information content (AvgIpc) is 3.10. The zero-order valence-corrected chi connectivity index (χ0v) is 15.4. The first-order chi connectivity index (χ1) is 13.0. The first kappa shape index (κ1) is 17.6. The van der Waals surface area contributed by atoms with Crippen LogP contribution in [0.5, 0.6) is 23.1 Å². The molecule has 1 atom stereocenters. The highest BCUT2D eigenvalue weighted by Gasteiger charge is 2.32. The monoisotopic (exact) mass is 370 g/mol. The maximum Gasteiger partial charge on any atom is 0.231 e. The van der Waals surface area contributed by atoms with Gasteiger partial charge in [-0.05, 0) is 44.9 Å². The standard InChI is InChI=1S/C20H22N2O5/c1-20(2)10-13(7-8-26-20)19(23)22-14-3-6-18(21-11-14)27-15-4-5-16-17(9-15)25-12-24-16/h3-6,9,11,13H,7-8,10,12H2,1-2H3,(H,22,23)/t13-/m1/s1. The Morgan fingerprint density at radius 2 is 2.07 bits per heavy atom. The van der Waals surface area contributed by atoms with Gasteiger partial charge in [0.15, 0.2) is 11.5 Å². The molecular weight excluding hydrogens is 348 g/mol. The molecule has 1 aromatic heterocycles. The van der Waals surface area contributed by atoms with Crippen molar-refractivity contribution in [2.24, 2.45) is 5.92 Å². The van der Waals surface area contributed by atoms with Crippen LogP contribution in [0.25, 0.3) is 0 Å². The molecule has 1 fully saturated rings. The Balaban J connectivity index is 1.37. The Hall–Kier alpha value is -2.80. The van der Waals surface area contributed by atoms with E-state index >= 15 is 0 Å². The number of carbonyl (C=O) groups excluding carboxylic acids is 1. The van der Waals surface area contributed by atoms with Crippen molar-refractivity contribution in [2.75, 3.05) is 18.7 Å². The molecule has 0 bridgehead atoms. The molecule has 0 radical (unpaired) electrons. The topological polar surface area (TPSA) is 78.9 Å². The summed E-state index contributed by atoms with van der Waals surface area (Å²) in [6.07, 6.45) is 3.02. The minimum Gasteiger partial charge on any atom is -0.454 e. The highest BCUT2D eigenvalue weighted by Crippen LogP contribution is 2.36. The summed E-state index contributed by atoms with van der Waals surface area (Å²) < 4.78 is 22.0. The maximum absolute atomic E-state index is 12.5. The number of ether oxygens (including phenoxy) is 4. The Kier molecular flexibility index (Phi) is 4.61. The second-order valence-corrected chi connectivity index (χ2v) is 7.29. The lowest BCUT2D eigenvalue weighted by Crippen LogP contribution is -2.39. The van der Waals surface area contributed by atoms with Gasteiger partial charge >= 0.3 is 0 Å². The summed E-state index contributed by atoms with van der Waals surface area (Å²) in [5.41, 5.74) is 0.378. The van der Waals surface area contributed by atoms with Crippen LogP contribution in [0, 0.1) is 5.92 Å². The molecular formula is C20H22N2O5. The van der Waals surface area contributed by atoms with Gasteiger partial charge in [0.2, 0.25) is 18.6 Å². The predicted molar refractivity (Wildman–Crippen MR) is 98.3 cm³/mol. The van der Waals surface area contributed by atoms with Gasteiger partial charge in [-0.25, -0.2) is 4.98 Å². The van der Waals surface area contributed by atoms with Crippen molar-refractivity contribution in [2.45, 2.75) is 32.3 Å². The fourth-order valence-corrected chi connectivity index (χ4v) is 3.28. The fraction of sp³-hybridized carbons (Fsp3) is 0.400. The van der Waals surface area contributed by atoms with Crippen molar-refractivity contribution in [3.05, 3.63) is 36.5 Å². The van der Waals surface area contributed by atoms with Gasteiger partial charge in [0.05, 0.1) is 17.5 Å². The van der Waals surface area contributed by atoms with E-state index in [1.54, 1.807) is 36.5 Å². The van der Waals surface area contributed by atoms with Crippen LogP contribution in [-0.2, 0) is 9.53 Å². The summed E-state index contributed by atoms with van der Waals surface area (Å²) in [4.78, 5) is 16.7. The van der Waals surface area contributed by atoms with E-state index in [2.05, 4.69) is 10.3 Å². The molecule has 0 saturated carbocycles. The molecule has 7 nitrogen and oxygen atoms in total. The van der Waals surface area contributed by atoms with Gasteiger partial charge in [0, 0.05) is 24.7 Å². The number of fused-ring (bicyclic) bond motifs is 1. The van der Waals surface area contributed by atoms with E-state index in [9.17, 15) is 4.79 Å². The van der Waals surface area contributed by atoms with Gasteiger partial charge in [-0.1, -0.05) is 0 Å². The minimum absolute atomic E-state index is 0.00221. The normalized spacial score (nSPS) is 20.1. The Bertz CT molecular complexity index is 835. The Labute approximate surface area is 157 Å². The first-order valence-corrected chi connectivity index (χ1v) is 8.97. The Morgan fingerprint density at radius 1 is 1.22 bits per heavy atom. The van der Waals surface area contributed by atoms with E-state index in [1.165, 1.54) is 0 Å². The molecule has 1 N–H and O–H groups in total. The third-order valence-electron chi connectivity index (χ3n) is 4.64. The number of nitrogens with zero attached hydrogens (tertiary/aromatic N) is 1. The van der Waals surface area contributed by atoms with Crippen molar-refractivity contribution >= 4 is 11.6 Å². The summed E-state index contributed by atoms with van der Waals surface area (Å²) in [6.45, 7) is 4.84. The van der Waals surface area contributed by atoms with E-state index in [0.29, 0.717) is 41.8 Å². The lowest BCUT2D eigenvalue weighted by atomic mass is 9.88. The van der Waals surface area contributed by atoms with Gasteiger partial charge in [0.25, 0.3) is 0 Å². The summed E-state index contributed by atoms with van der Waals surface area (Å²) in [5.74, 6) is 2.32. The van der Waals surface area contributed by atoms with Crippen LogP contribution in [-0.4, -0.2) is 29.9 Å². The highest BCUT2D eigenvalue weighted by atomic mass is 16.7.